The van der Waals surface area contributed by atoms with Crippen LogP contribution in [-0.4, -0.2) is 22.1 Å². The molecule has 0 heterocycles. The lowest BCUT2D eigenvalue weighted by atomic mass is 9.44. The maximum Gasteiger partial charge on any atom is 0.133 e. The summed E-state index contributed by atoms with van der Waals surface area (Å²) in [5.74, 6) is 2.71. The van der Waals surface area contributed by atoms with Crippen molar-refractivity contribution in [3.63, 3.8) is 0 Å². The van der Waals surface area contributed by atoms with Gasteiger partial charge in [0, 0.05) is 5.75 Å². The van der Waals surface area contributed by atoms with Crippen molar-refractivity contribution in [2.45, 2.75) is 76.7 Å². The van der Waals surface area contributed by atoms with Gasteiger partial charge in [0.05, 0.1) is 6.10 Å². The molecule has 4 heteroatoms. The Morgan fingerprint density at radius 3 is 2.90 bits per heavy atom. The molecule has 0 aromatic heterocycles. The highest BCUT2D eigenvalue weighted by Gasteiger charge is 2.63. The lowest BCUT2D eigenvalue weighted by Gasteiger charge is -2.60. The molecule has 1 unspecified atom stereocenters. The minimum Gasteiger partial charge on any atom is -0.508 e. The summed E-state index contributed by atoms with van der Waals surface area (Å²) in [5, 5.41) is 32.0. The number of hydrogen-bond acceptors (Lipinski definition) is 4. The van der Waals surface area contributed by atoms with Crippen LogP contribution in [0.1, 0.15) is 75.3 Å². The van der Waals surface area contributed by atoms with Crippen LogP contribution in [0.3, 0.4) is 0 Å². The number of nitriles is 1. The quantitative estimate of drug-likeness (QED) is 0.312. The molecule has 0 amide bonds. The molecule has 1 aromatic rings. The molecule has 6 atom stereocenters. The summed E-state index contributed by atoms with van der Waals surface area (Å²) in [7, 11) is 0. The summed E-state index contributed by atoms with van der Waals surface area (Å²) >= 11 is 1.36. The number of phenolic OH excluding ortho intramolecular Hbond substituents is 1. The van der Waals surface area contributed by atoms with Crippen LogP contribution in [-0.2, 0) is 6.42 Å². The van der Waals surface area contributed by atoms with Gasteiger partial charge < -0.3 is 10.2 Å². The average molecular weight is 426 g/mol. The maximum absolute atomic E-state index is 11.0. The molecule has 0 saturated heterocycles. The second-order valence-corrected chi connectivity index (χ2v) is 11.0. The summed E-state index contributed by atoms with van der Waals surface area (Å²) in [4.78, 5) is 0. The number of benzene rings is 1. The Kier molecular flexibility index (Phi) is 6.24. The fraction of sp³-hybridized carbons (Fsp3) is 0.654. The van der Waals surface area contributed by atoms with Crippen LogP contribution < -0.4 is 0 Å². The molecule has 0 radical (unpaired) electrons. The van der Waals surface area contributed by atoms with E-state index in [9.17, 15) is 10.2 Å². The lowest BCUT2D eigenvalue weighted by molar-refractivity contribution is -0.0812. The fourth-order valence-corrected chi connectivity index (χ4v) is 7.93. The molecule has 0 bridgehead atoms. The van der Waals surface area contributed by atoms with Crippen LogP contribution in [0.15, 0.2) is 30.9 Å². The van der Waals surface area contributed by atoms with E-state index in [-0.39, 0.29) is 16.9 Å². The zero-order valence-corrected chi connectivity index (χ0v) is 19.0. The van der Waals surface area contributed by atoms with Gasteiger partial charge in [-0.25, -0.2) is 0 Å². The third-order valence-electron chi connectivity index (χ3n) is 8.74. The normalized spacial score (nSPS) is 37.0. The molecule has 0 aliphatic heterocycles. The van der Waals surface area contributed by atoms with Crippen LogP contribution in [0.5, 0.6) is 5.75 Å². The zero-order chi connectivity index (χ0) is 21.4. The third-order valence-corrected chi connectivity index (χ3v) is 9.36. The molecular weight excluding hydrogens is 390 g/mol. The van der Waals surface area contributed by atoms with E-state index in [1.165, 1.54) is 29.3 Å². The molecule has 1 aromatic carbocycles. The molecule has 2 saturated carbocycles. The lowest BCUT2D eigenvalue weighted by Crippen LogP contribution is -2.54. The molecular formula is C26H35NO2S. The van der Waals surface area contributed by atoms with Crippen molar-refractivity contribution in [3.8, 4) is 11.2 Å². The Hall–Kier alpha value is -1.44. The number of unbranched alkanes of at least 4 members (excludes halogenated alkanes) is 2. The van der Waals surface area contributed by atoms with Crippen molar-refractivity contribution in [2.75, 3.05) is 5.75 Å². The molecule has 0 spiro atoms. The number of fused-ring (bicyclic) bond motifs is 5. The van der Waals surface area contributed by atoms with Gasteiger partial charge in [-0.15, -0.1) is 6.58 Å². The van der Waals surface area contributed by atoms with E-state index in [2.05, 4.69) is 31.0 Å². The van der Waals surface area contributed by atoms with Crippen LogP contribution in [0.2, 0.25) is 0 Å². The van der Waals surface area contributed by atoms with E-state index < -0.39 is 0 Å². The monoisotopic (exact) mass is 425 g/mol. The van der Waals surface area contributed by atoms with E-state index in [1.54, 1.807) is 0 Å². The first kappa shape index (κ1) is 21.8. The molecule has 4 rings (SSSR count). The Morgan fingerprint density at radius 1 is 1.30 bits per heavy atom. The number of thiocyanates is 1. The Labute approximate surface area is 185 Å². The highest BCUT2D eigenvalue weighted by Crippen LogP contribution is 2.69. The van der Waals surface area contributed by atoms with E-state index in [1.807, 2.05) is 12.1 Å². The third kappa shape index (κ3) is 3.49. The Morgan fingerprint density at radius 2 is 2.13 bits per heavy atom. The number of aliphatic hydroxyl groups excluding tert-OH is 1. The number of phenols is 1. The van der Waals surface area contributed by atoms with E-state index >= 15 is 0 Å². The van der Waals surface area contributed by atoms with Crippen molar-refractivity contribution in [1.29, 1.82) is 5.26 Å². The smallest absolute Gasteiger partial charge is 0.133 e. The molecule has 3 aliphatic rings. The summed E-state index contributed by atoms with van der Waals surface area (Å²) in [6, 6.07) is 5.98. The number of thioether (sulfide) groups is 1. The van der Waals surface area contributed by atoms with Gasteiger partial charge in [-0.2, -0.15) is 5.26 Å². The van der Waals surface area contributed by atoms with Gasteiger partial charge >= 0.3 is 0 Å². The first-order valence-corrected chi connectivity index (χ1v) is 12.6. The first-order chi connectivity index (χ1) is 14.5. The SMILES string of the molecule is C=CC12CCc3cc(O)ccc3[C@H]1[C@@H](CCCCCSC#N)C[C@]1(C)[C@@H](O)CC[C@@H]21. The number of aromatic hydroxyl groups is 1. The van der Waals surface area contributed by atoms with E-state index in [4.69, 9.17) is 5.26 Å². The van der Waals surface area contributed by atoms with Crippen molar-refractivity contribution in [2.24, 2.45) is 22.7 Å². The Balaban J connectivity index is 1.66. The maximum atomic E-state index is 11.0. The predicted octanol–water partition coefficient (Wildman–Crippen LogP) is 6.17. The number of aliphatic hydroxyl groups is 1. The highest BCUT2D eigenvalue weighted by molar-refractivity contribution is 8.03. The highest BCUT2D eigenvalue weighted by atomic mass is 32.2. The molecule has 162 valence electrons. The van der Waals surface area contributed by atoms with Crippen LogP contribution >= 0.6 is 11.8 Å². The van der Waals surface area contributed by atoms with Gasteiger partial charge in [0.2, 0.25) is 0 Å². The van der Waals surface area contributed by atoms with Crippen molar-refractivity contribution in [3.05, 3.63) is 42.0 Å². The predicted molar refractivity (Wildman–Crippen MR) is 123 cm³/mol. The zero-order valence-electron chi connectivity index (χ0n) is 18.1. The van der Waals surface area contributed by atoms with Crippen molar-refractivity contribution < 1.29 is 10.2 Å². The van der Waals surface area contributed by atoms with Gasteiger partial charge in [0.25, 0.3) is 0 Å². The fourth-order valence-electron chi connectivity index (χ4n) is 7.50. The summed E-state index contributed by atoms with van der Waals surface area (Å²) in [5.41, 5.74) is 2.72. The molecule has 3 aliphatic carbocycles. The minimum atomic E-state index is -0.212. The van der Waals surface area contributed by atoms with Crippen LogP contribution in [0.4, 0.5) is 0 Å². The van der Waals surface area contributed by atoms with Crippen molar-refractivity contribution in [1.82, 2.24) is 0 Å². The molecule has 3 nitrogen and oxygen atoms in total. The van der Waals surface area contributed by atoms with Crippen LogP contribution in [0, 0.1) is 33.3 Å². The molecule has 2 fully saturated rings. The minimum absolute atomic E-state index is 0.0273. The summed E-state index contributed by atoms with van der Waals surface area (Å²) < 4.78 is 0. The second kappa shape index (κ2) is 8.60. The first-order valence-electron chi connectivity index (χ1n) is 11.6. The van der Waals surface area contributed by atoms with Gasteiger partial charge in [0.1, 0.15) is 11.2 Å². The second-order valence-electron chi connectivity index (χ2n) is 10.1. The molecule has 30 heavy (non-hydrogen) atoms. The van der Waals surface area contributed by atoms with Gasteiger partial charge in [-0.3, -0.25) is 0 Å². The number of rotatable bonds is 7. The van der Waals surface area contributed by atoms with Gasteiger partial charge in [0.15, 0.2) is 0 Å². The number of hydrogen-bond donors (Lipinski definition) is 2. The topological polar surface area (TPSA) is 64.2 Å². The Bertz CT molecular complexity index is 833. The van der Waals surface area contributed by atoms with Gasteiger partial charge in [-0.05, 0) is 109 Å². The number of allylic oxidation sites excluding steroid dienone is 1. The number of nitrogens with zero attached hydrogens (tertiary/aromatic N) is 1. The van der Waals surface area contributed by atoms with E-state index in [0.29, 0.717) is 23.5 Å². The average Bonchev–Trinajstić information content (AvgIpc) is 3.04. The largest absolute Gasteiger partial charge is 0.508 e. The van der Waals surface area contributed by atoms with Gasteiger partial charge in [-0.1, -0.05) is 31.9 Å². The van der Waals surface area contributed by atoms with Crippen molar-refractivity contribution >= 4 is 11.8 Å². The summed E-state index contributed by atoms with van der Waals surface area (Å²) in [6.07, 6.45) is 11.7. The molecule has 2 N–H and O–H groups in total. The number of aryl methyl sites for hydroxylation is 1. The summed E-state index contributed by atoms with van der Waals surface area (Å²) in [6.45, 7) is 6.70. The standard InChI is InChI=1S/C26H35NO2S/c1-3-26-13-12-18-15-20(28)8-9-21(18)24(26)19(7-5-4-6-14-30-17-27)16-25(2)22(26)10-11-23(25)29/h3,8-9,15,19,22-24,28-29H,1,4-7,10-14,16H2,2H3/t19-,22+,23-,24+,25-,26?/m0/s1. The van der Waals surface area contributed by atoms with Crippen LogP contribution in [0.25, 0.3) is 0 Å². The van der Waals surface area contributed by atoms with E-state index in [0.717, 1.165) is 57.1 Å².